The first-order valence-electron chi connectivity index (χ1n) is 6.45. The van der Waals surface area contributed by atoms with Crippen LogP contribution in [0.5, 0.6) is 0 Å². The number of rotatable bonds is 6. The van der Waals surface area contributed by atoms with Crippen LogP contribution in [-0.2, 0) is 9.53 Å². The molecule has 17 heavy (non-hydrogen) atoms. The molecule has 1 aliphatic heterocycles. The molecule has 2 unspecified atom stereocenters. The maximum Gasteiger partial charge on any atom is 0.227 e. The van der Waals surface area contributed by atoms with Gasteiger partial charge in [-0.3, -0.25) is 4.79 Å². The van der Waals surface area contributed by atoms with Gasteiger partial charge in [0.2, 0.25) is 5.91 Å². The SMILES string of the molecule is CNC1COCC1C(=O)NCCN(C)C1CC1. The van der Waals surface area contributed by atoms with E-state index in [-0.39, 0.29) is 17.9 Å². The van der Waals surface area contributed by atoms with Crippen molar-refractivity contribution in [3.8, 4) is 0 Å². The van der Waals surface area contributed by atoms with E-state index in [4.69, 9.17) is 4.74 Å². The zero-order chi connectivity index (χ0) is 12.3. The van der Waals surface area contributed by atoms with Crippen LogP contribution in [0.2, 0.25) is 0 Å². The summed E-state index contributed by atoms with van der Waals surface area (Å²) in [5, 5.41) is 6.13. The van der Waals surface area contributed by atoms with Crippen molar-refractivity contribution in [2.24, 2.45) is 5.92 Å². The molecule has 5 heteroatoms. The summed E-state index contributed by atoms with van der Waals surface area (Å²) in [5.74, 6) is 0.0808. The fourth-order valence-corrected chi connectivity index (χ4v) is 2.28. The first kappa shape index (κ1) is 12.8. The summed E-state index contributed by atoms with van der Waals surface area (Å²) in [6.07, 6.45) is 2.62. The van der Waals surface area contributed by atoms with Gasteiger partial charge in [-0.2, -0.15) is 0 Å². The molecule has 98 valence electrons. The van der Waals surface area contributed by atoms with Crippen LogP contribution in [0.15, 0.2) is 0 Å². The third-order valence-corrected chi connectivity index (χ3v) is 3.72. The van der Waals surface area contributed by atoms with Gasteiger partial charge in [0, 0.05) is 25.2 Å². The maximum absolute atomic E-state index is 11.9. The molecule has 0 aromatic heterocycles. The lowest BCUT2D eigenvalue weighted by atomic mass is 10.0. The van der Waals surface area contributed by atoms with Crippen LogP contribution < -0.4 is 10.6 Å². The van der Waals surface area contributed by atoms with Crippen molar-refractivity contribution in [3.63, 3.8) is 0 Å². The molecular weight excluding hydrogens is 218 g/mol. The van der Waals surface area contributed by atoms with Gasteiger partial charge >= 0.3 is 0 Å². The Kier molecular flexibility index (Phi) is 4.36. The third kappa shape index (κ3) is 3.40. The summed E-state index contributed by atoms with van der Waals surface area (Å²) >= 11 is 0. The highest BCUT2D eigenvalue weighted by Gasteiger charge is 2.33. The third-order valence-electron chi connectivity index (χ3n) is 3.72. The van der Waals surface area contributed by atoms with Crippen molar-refractivity contribution in [3.05, 3.63) is 0 Å². The summed E-state index contributed by atoms with van der Waals surface area (Å²) in [6, 6.07) is 0.919. The first-order valence-corrected chi connectivity index (χ1v) is 6.45. The molecule has 2 fully saturated rings. The van der Waals surface area contributed by atoms with Gasteiger partial charge in [0.05, 0.1) is 19.1 Å². The number of carbonyl (C=O) groups excluding carboxylic acids is 1. The lowest BCUT2D eigenvalue weighted by Gasteiger charge is -2.19. The van der Waals surface area contributed by atoms with Gasteiger partial charge in [-0.1, -0.05) is 0 Å². The fraction of sp³-hybridized carbons (Fsp3) is 0.917. The molecule has 2 N–H and O–H groups in total. The van der Waals surface area contributed by atoms with Gasteiger partial charge in [-0.15, -0.1) is 0 Å². The normalized spacial score (nSPS) is 28.6. The summed E-state index contributed by atoms with van der Waals surface area (Å²) in [6.45, 7) is 2.85. The van der Waals surface area contributed by atoms with Crippen molar-refractivity contribution >= 4 is 5.91 Å². The van der Waals surface area contributed by atoms with Crippen LogP contribution in [-0.4, -0.2) is 63.3 Å². The van der Waals surface area contributed by atoms with E-state index in [1.165, 1.54) is 12.8 Å². The van der Waals surface area contributed by atoms with E-state index in [0.29, 0.717) is 13.2 Å². The van der Waals surface area contributed by atoms with Crippen LogP contribution in [0.3, 0.4) is 0 Å². The molecule has 0 aromatic rings. The Morgan fingerprint density at radius 3 is 2.82 bits per heavy atom. The molecule has 2 rings (SSSR count). The number of amides is 1. The summed E-state index contributed by atoms with van der Waals surface area (Å²) in [5.41, 5.74) is 0. The largest absolute Gasteiger partial charge is 0.379 e. The van der Waals surface area contributed by atoms with Crippen molar-refractivity contribution in [1.82, 2.24) is 15.5 Å². The smallest absolute Gasteiger partial charge is 0.227 e. The Hall–Kier alpha value is -0.650. The highest BCUT2D eigenvalue weighted by Crippen LogP contribution is 2.24. The van der Waals surface area contributed by atoms with Crippen LogP contribution in [0, 0.1) is 5.92 Å². The predicted molar refractivity (Wildman–Crippen MR) is 65.8 cm³/mol. The Morgan fingerprint density at radius 2 is 2.18 bits per heavy atom. The first-order chi connectivity index (χ1) is 8.22. The minimum absolute atomic E-state index is 0.0359. The van der Waals surface area contributed by atoms with Gasteiger partial charge in [0.1, 0.15) is 0 Å². The number of ether oxygens (including phenoxy) is 1. The minimum Gasteiger partial charge on any atom is -0.379 e. The zero-order valence-electron chi connectivity index (χ0n) is 10.7. The Balaban J connectivity index is 1.65. The van der Waals surface area contributed by atoms with E-state index in [0.717, 1.165) is 19.1 Å². The second-order valence-electron chi connectivity index (χ2n) is 5.04. The predicted octanol–water partition coefficient (Wildman–Crippen LogP) is -0.569. The minimum atomic E-state index is -0.0359. The topological polar surface area (TPSA) is 53.6 Å². The van der Waals surface area contributed by atoms with Crippen LogP contribution in [0.1, 0.15) is 12.8 Å². The number of nitrogens with one attached hydrogen (secondary N) is 2. The Bertz CT molecular complexity index is 268. The monoisotopic (exact) mass is 241 g/mol. The summed E-state index contributed by atoms with van der Waals surface area (Å²) in [7, 11) is 4.00. The molecule has 1 saturated heterocycles. The van der Waals surface area contributed by atoms with Crippen LogP contribution in [0.25, 0.3) is 0 Å². The van der Waals surface area contributed by atoms with Crippen LogP contribution >= 0.6 is 0 Å². The van der Waals surface area contributed by atoms with Gasteiger partial charge in [-0.25, -0.2) is 0 Å². The summed E-state index contributed by atoms with van der Waals surface area (Å²) in [4.78, 5) is 14.3. The Labute approximate surface area is 103 Å². The highest BCUT2D eigenvalue weighted by molar-refractivity contribution is 5.79. The average molecular weight is 241 g/mol. The fourth-order valence-electron chi connectivity index (χ4n) is 2.28. The van der Waals surface area contributed by atoms with Crippen molar-refractivity contribution in [2.75, 3.05) is 40.4 Å². The number of hydrogen-bond donors (Lipinski definition) is 2. The number of hydrogen-bond acceptors (Lipinski definition) is 4. The second-order valence-corrected chi connectivity index (χ2v) is 5.04. The number of nitrogens with zero attached hydrogens (tertiary/aromatic N) is 1. The van der Waals surface area contributed by atoms with Gasteiger partial charge in [0.15, 0.2) is 0 Å². The van der Waals surface area contributed by atoms with Crippen molar-refractivity contribution in [1.29, 1.82) is 0 Å². The molecule has 0 radical (unpaired) electrons. The van der Waals surface area contributed by atoms with Crippen LogP contribution in [0.4, 0.5) is 0 Å². The maximum atomic E-state index is 11.9. The highest BCUT2D eigenvalue weighted by atomic mass is 16.5. The quantitative estimate of drug-likeness (QED) is 0.654. The van der Waals surface area contributed by atoms with E-state index >= 15 is 0 Å². The van der Waals surface area contributed by atoms with E-state index in [1.807, 2.05) is 7.05 Å². The molecular formula is C12H23N3O2. The van der Waals surface area contributed by atoms with Crippen molar-refractivity contribution < 1.29 is 9.53 Å². The van der Waals surface area contributed by atoms with Crippen molar-refractivity contribution in [2.45, 2.75) is 24.9 Å². The lowest BCUT2D eigenvalue weighted by molar-refractivity contribution is -0.125. The molecule has 2 atom stereocenters. The molecule has 2 aliphatic rings. The van der Waals surface area contributed by atoms with E-state index in [9.17, 15) is 4.79 Å². The summed E-state index contributed by atoms with van der Waals surface area (Å²) < 4.78 is 5.32. The standard InChI is InChI=1S/C12H23N3O2/c1-13-11-8-17-7-10(11)12(16)14-5-6-15(2)9-3-4-9/h9-11,13H,3-8H2,1-2H3,(H,14,16). The van der Waals surface area contributed by atoms with Gasteiger partial charge in [-0.05, 0) is 26.9 Å². The van der Waals surface area contributed by atoms with Gasteiger partial charge in [0.25, 0.3) is 0 Å². The molecule has 5 nitrogen and oxygen atoms in total. The molecule has 0 bridgehead atoms. The van der Waals surface area contributed by atoms with E-state index in [1.54, 1.807) is 0 Å². The number of likely N-dealkylation sites (N-methyl/N-ethyl adjacent to an activating group) is 2. The Morgan fingerprint density at radius 1 is 1.41 bits per heavy atom. The number of carbonyl (C=O) groups is 1. The molecule has 1 saturated carbocycles. The second kappa shape index (κ2) is 5.80. The molecule has 1 heterocycles. The molecule has 0 spiro atoms. The zero-order valence-corrected chi connectivity index (χ0v) is 10.7. The molecule has 1 amide bonds. The lowest BCUT2D eigenvalue weighted by Crippen LogP contribution is -2.44. The van der Waals surface area contributed by atoms with E-state index in [2.05, 4.69) is 22.6 Å². The molecule has 0 aromatic carbocycles. The molecule has 1 aliphatic carbocycles. The van der Waals surface area contributed by atoms with Gasteiger partial charge < -0.3 is 20.3 Å². The van der Waals surface area contributed by atoms with E-state index < -0.39 is 0 Å². The average Bonchev–Trinajstić information content (AvgIpc) is 3.06.